The van der Waals surface area contributed by atoms with Gasteiger partial charge in [0, 0.05) is 36.9 Å². The van der Waals surface area contributed by atoms with Crippen molar-refractivity contribution in [3.63, 3.8) is 0 Å². The fourth-order valence-corrected chi connectivity index (χ4v) is 3.13. The molecule has 0 saturated carbocycles. The predicted octanol–water partition coefficient (Wildman–Crippen LogP) is 1.64. The van der Waals surface area contributed by atoms with Gasteiger partial charge >= 0.3 is 0 Å². The van der Waals surface area contributed by atoms with Crippen LogP contribution in [0.2, 0.25) is 0 Å². The van der Waals surface area contributed by atoms with Gasteiger partial charge in [-0.1, -0.05) is 15.9 Å². The summed E-state index contributed by atoms with van der Waals surface area (Å²) < 4.78 is 6.07. The third kappa shape index (κ3) is 4.18. The lowest BCUT2D eigenvalue weighted by Gasteiger charge is -2.27. The lowest BCUT2D eigenvalue weighted by molar-refractivity contribution is -0.119. The number of nitrogens with one attached hydrogen (secondary N) is 1. The molecule has 5 nitrogen and oxygen atoms in total. The van der Waals surface area contributed by atoms with E-state index in [2.05, 4.69) is 38.3 Å². The second kappa shape index (κ2) is 7.77. The monoisotopic (exact) mass is 355 g/mol. The number of carbonyl (C=O) groups excluding carboxylic acids is 1. The normalized spacial score (nSPS) is 18.2. The molecule has 1 aliphatic heterocycles. The number of primary amides is 1. The van der Waals surface area contributed by atoms with E-state index in [0.717, 1.165) is 48.2 Å². The molecule has 1 aromatic rings. The summed E-state index contributed by atoms with van der Waals surface area (Å²) in [6.45, 7) is 3.08. The van der Waals surface area contributed by atoms with Crippen molar-refractivity contribution < 1.29 is 9.53 Å². The van der Waals surface area contributed by atoms with Crippen LogP contribution in [0.1, 0.15) is 18.4 Å². The molecule has 1 unspecified atom stereocenters. The molecule has 0 aromatic heterocycles. The molecule has 6 heteroatoms. The number of amides is 1. The first-order chi connectivity index (χ1) is 10.1. The highest BCUT2D eigenvalue weighted by Crippen LogP contribution is 2.30. The molecule has 2 rings (SSSR count). The Morgan fingerprint density at radius 1 is 1.57 bits per heavy atom. The third-order valence-electron chi connectivity index (χ3n) is 3.73. The van der Waals surface area contributed by atoms with Gasteiger partial charge in [-0.3, -0.25) is 4.79 Å². The van der Waals surface area contributed by atoms with Crippen molar-refractivity contribution in [3.8, 4) is 0 Å². The van der Waals surface area contributed by atoms with Gasteiger partial charge < -0.3 is 20.7 Å². The number of ether oxygens (including phenoxy) is 1. The zero-order valence-corrected chi connectivity index (χ0v) is 13.9. The van der Waals surface area contributed by atoms with Crippen molar-refractivity contribution in [2.24, 2.45) is 5.73 Å². The Hall–Kier alpha value is -1.11. The van der Waals surface area contributed by atoms with Crippen LogP contribution in [0.5, 0.6) is 0 Å². The van der Waals surface area contributed by atoms with Gasteiger partial charge in [0.15, 0.2) is 0 Å². The number of halogens is 1. The van der Waals surface area contributed by atoms with E-state index in [1.807, 2.05) is 6.07 Å². The lowest BCUT2D eigenvalue weighted by Crippen LogP contribution is -2.41. The van der Waals surface area contributed by atoms with Gasteiger partial charge in [0.25, 0.3) is 0 Å². The number of hydrogen-bond acceptors (Lipinski definition) is 4. The van der Waals surface area contributed by atoms with E-state index in [1.165, 1.54) is 0 Å². The van der Waals surface area contributed by atoms with Crippen LogP contribution in [0.3, 0.4) is 0 Å². The number of benzene rings is 1. The topological polar surface area (TPSA) is 67.6 Å². The van der Waals surface area contributed by atoms with Crippen molar-refractivity contribution >= 4 is 27.5 Å². The molecule has 1 aromatic carbocycles. The molecule has 0 aliphatic carbocycles. The van der Waals surface area contributed by atoms with Crippen LogP contribution < -0.4 is 16.0 Å². The fourth-order valence-electron chi connectivity index (χ4n) is 2.72. The first-order valence-corrected chi connectivity index (χ1v) is 7.97. The van der Waals surface area contributed by atoms with E-state index in [-0.39, 0.29) is 11.9 Å². The Bertz CT molecular complexity index is 496. The summed E-state index contributed by atoms with van der Waals surface area (Å²) in [5, 5.41) is 3.35. The number of nitrogens with zero attached hydrogens (tertiary/aromatic N) is 1. The van der Waals surface area contributed by atoms with E-state index < -0.39 is 0 Å². The Kier molecular flexibility index (Phi) is 6.02. The van der Waals surface area contributed by atoms with Gasteiger partial charge in [0.2, 0.25) is 5.91 Å². The maximum atomic E-state index is 11.6. The number of anilines is 1. The van der Waals surface area contributed by atoms with E-state index in [4.69, 9.17) is 10.5 Å². The van der Waals surface area contributed by atoms with Crippen LogP contribution in [0.4, 0.5) is 5.69 Å². The van der Waals surface area contributed by atoms with Crippen LogP contribution in [0, 0.1) is 0 Å². The summed E-state index contributed by atoms with van der Waals surface area (Å²) in [6, 6.07) is 5.96. The molecule has 0 radical (unpaired) electrons. The summed E-state index contributed by atoms with van der Waals surface area (Å²) in [7, 11) is 1.69. The van der Waals surface area contributed by atoms with Gasteiger partial charge in [-0.15, -0.1) is 0 Å². The first kappa shape index (κ1) is 16.3. The molecule has 0 spiro atoms. The van der Waals surface area contributed by atoms with Gasteiger partial charge in [-0.25, -0.2) is 0 Å². The Morgan fingerprint density at radius 3 is 3.10 bits per heavy atom. The number of hydrogen-bond donors (Lipinski definition) is 2. The maximum Gasteiger partial charge on any atom is 0.240 e. The zero-order valence-electron chi connectivity index (χ0n) is 12.3. The SMILES string of the molecule is COCCNCc1cc(Br)ccc1N1CCCC1C(N)=O. The molecule has 1 aliphatic rings. The van der Waals surface area contributed by atoms with Crippen molar-refractivity contribution in [3.05, 3.63) is 28.2 Å². The van der Waals surface area contributed by atoms with Gasteiger partial charge in [-0.05, 0) is 36.6 Å². The van der Waals surface area contributed by atoms with Crippen LogP contribution in [-0.2, 0) is 16.1 Å². The number of nitrogens with two attached hydrogens (primary N) is 1. The molecule has 1 heterocycles. The summed E-state index contributed by atoms with van der Waals surface area (Å²) in [5.74, 6) is -0.242. The molecule has 3 N–H and O–H groups in total. The molecule has 1 saturated heterocycles. The quantitative estimate of drug-likeness (QED) is 0.729. The van der Waals surface area contributed by atoms with E-state index in [0.29, 0.717) is 6.61 Å². The molecular formula is C15H22BrN3O2. The summed E-state index contributed by atoms with van der Waals surface area (Å²) >= 11 is 3.51. The summed E-state index contributed by atoms with van der Waals surface area (Å²) in [4.78, 5) is 13.7. The molecule has 1 amide bonds. The fraction of sp³-hybridized carbons (Fsp3) is 0.533. The molecule has 0 bridgehead atoms. The van der Waals surface area contributed by atoms with Crippen LogP contribution in [-0.4, -0.2) is 38.8 Å². The second-order valence-electron chi connectivity index (χ2n) is 5.20. The summed E-state index contributed by atoms with van der Waals surface area (Å²) in [6.07, 6.45) is 1.84. The zero-order chi connectivity index (χ0) is 15.2. The van der Waals surface area contributed by atoms with Crippen molar-refractivity contribution in [1.82, 2.24) is 5.32 Å². The Balaban J connectivity index is 2.16. The smallest absolute Gasteiger partial charge is 0.240 e. The number of methoxy groups -OCH3 is 1. The third-order valence-corrected chi connectivity index (χ3v) is 4.22. The summed E-state index contributed by atoms with van der Waals surface area (Å²) in [5.41, 5.74) is 7.77. The highest BCUT2D eigenvalue weighted by Gasteiger charge is 2.30. The largest absolute Gasteiger partial charge is 0.383 e. The molecule has 21 heavy (non-hydrogen) atoms. The lowest BCUT2D eigenvalue weighted by atomic mass is 10.1. The number of rotatable bonds is 7. The molecule has 1 atom stereocenters. The minimum Gasteiger partial charge on any atom is -0.383 e. The van der Waals surface area contributed by atoms with Crippen LogP contribution in [0.15, 0.2) is 22.7 Å². The average molecular weight is 356 g/mol. The standard InChI is InChI=1S/C15H22BrN3O2/c1-21-8-6-18-10-11-9-12(16)4-5-13(11)19-7-2-3-14(19)15(17)20/h4-5,9,14,18H,2-3,6-8,10H2,1H3,(H2,17,20). The minimum atomic E-state index is -0.242. The van der Waals surface area contributed by atoms with E-state index in [9.17, 15) is 4.79 Å². The van der Waals surface area contributed by atoms with Crippen LogP contribution >= 0.6 is 15.9 Å². The minimum absolute atomic E-state index is 0.191. The Labute approximate surface area is 134 Å². The van der Waals surface area contributed by atoms with Crippen LogP contribution in [0.25, 0.3) is 0 Å². The van der Waals surface area contributed by atoms with Gasteiger partial charge in [-0.2, -0.15) is 0 Å². The highest BCUT2D eigenvalue weighted by atomic mass is 79.9. The second-order valence-corrected chi connectivity index (χ2v) is 6.11. The average Bonchev–Trinajstić information content (AvgIpc) is 2.93. The van der Waals surface area contributed by atoms with Crippen molar-refractivity contribution in [2.45, 2.75) is 25.4 Å². The maximum absolute atomic E-state index is 11.6. The first-order valence-electron chi connectivity index (χ1n) is 7.17. The van der Waals surface area contributed by atoms with Crippen molar-refractivity contribution in [2.75, 3.05) is 31.7 Å². The molecule has 1 fully saturated rings. The van der Waals surface area contributed by atoms with E-state index >= 15 is 0 Å². The molecule has 116 valence electrons. The van der Waals surface area contributed by atoms with Gasteiger partial charge in [0.05, 0.1) is 6.61 Å². The van der Waals surface area contributed by atoms with E-state index in [1.54, 1.807) is 7.11 Å². The number of carbonyl (C=O) groups is 1. The Morgan fingerprint density at radius 2 is 2.38 bits per heavy atom. The predicted molar refractivity (Wildman–Crippen MR) is 87.3 cm³/mol. The van der Waals surface area contributed by atoms with Gasteiger partial charge in [0.1, 0.15) is 6.04 Å². The van der Waals surface area contributed by atoms with Crippen molar-refractivity contribution in [1.29, 1.82) is 0 Å². The molecular weight excluding hydrogens is 334 g/mol. The highest BCUT2D eigenvalue weighted by molar-refractivity contribution is 9.10.